The van der Waals surface area contributed by atoms with Crippen LogP contribution in [0.15, 0.2) is 49.2 Å². The van der Waals surface area contributed by atoms with Gasteiger partial charge < -0.3 is 15.0 Å². The molecule has 0 aliphatic rings. The predicted octanol–water partition coefficient (Wildman–Crippen LogP) is 6.54. The van der Waals surface area contributed by atoms with Crippen molar-refractivity contribution in [2.75, 3.05) is 0 Å². The number of hydrogen-bond donors (Lipinski definition) is 2. The van der Waals surface area contributed by atoms with E-state index >= 15 is 0 Å². The van der Waals surface area contributed by atoms with Gasteiger partial charge in [0.15, 0.2) is 11.6 Å². The smallest absolute Gasteiger partial charge is 0.181 e. The monoisotopic (exact) mass is 435 g/mol. The molecule has 0 fully saturated rings. The second-order valence-electron chi connectivity index (χ2n) is 5.77. The molecular weight excluding hydrogens is 424 g/mol. The van der Waals surface area contributed by atoms with E-state index in [1.165, 1.54) is 24.3 Å². The van der Waals surface area contributed by atoms with Crippen molar-refractivity contribution in [3.63, 3.8) is 0 Å². The molecule has 0 unspecified atom stereocenters. The number of H-pyrrole nitrogens is 1. The van der Waals surface area contributed by atoms with E-state index in [9.17, 15) is 4.39 Å². The van der Waals surface area contributed by atoms with E-state index in [1.807, 2.05) is 6.07 Å². The summed E-state index contributed by atoms with van der Waals surface area (Å²) in [6.07, 6.45) is 1.68. The van der Waals surface area contributed by atoms with Crippen LogP contribution in [-0.2, 0) is 6.54 Å². The van der Waals surface area contributed by atoms with Crippen molar-refractivity contribution in [1.82, 2.24) is 10.3 Å². The molecule has 2 N–H and O–H groups in total. The minimum Gasteiger partial charge on any atom is -0.453 e. The summed E-state index contributed by atoms with van der Waals surface area (Å²) < 4.78 is 20.5. The molecule has 0 aliphatic carbocycles. The molecule has 28 heavy (non-hydrogen) atoms. The maximum absolute atomic E-state index is 15.0. The topological polar surface area (TPSA) is 60.8 Å². The lowest BCUT2D eigenvalue weighted by Gasteiger charge is -2.14. The van der Waals surface area contributed by atoms with E-state index in [0.717, 1.165) is 0 Å². The SMILES string of the molecule is C=C(NCc1ccc(Cl)c(Oc2cc(Cl)cc(C#N)c2)c1F)c1[nH]ccc1Cl. The molecule has 0 spiro atoms. The molecule has 142 valence electrons. The molecule has 0 saturated heterocycles. The van der Waals surface area contributed by atoms with Crippen LogP contribution in [0.4, 0.5) is 4.39 Å². The fourth-order valence-corrected chi connectivity index (χ4v) is 3.12. The first kappa shape index (κ1) is 20.1. The molecule has 4 nitrogen and oxygen atoms in total. The average molecular weight is 437 g/mol. The lowest BCUT2D eigenvalue weighted by Crippen LogP contribution is -2.13. The zero-order valence-corrected chi connectivity index (χ0v) is 16.6. The van der Waals surface area contributed by atoms with Crippen LogP contribution >= 0.6 is 34.8 Å². The Morgan fingerprint density at radius 2 is 1.96 bits per heavy atom. The van der Waals surface area contributed by atoms with Crippen LogP contribution in [0.5, 0.6) is 11.5 Å². The normalized spacial score (nSPS) is 10.4. The van der Waals surface area contributed by atoms with E-state index in [2.05, 4.69) is 16.9 Å². The van der Waals surface area contributed by atoms with Gasteiger partial charge in [-0.15, -0.1) is 0 Å². The Labute approximate surface area is 176 Å². The predicted molar refractivity (Wildman–Crippen MR) is 109 cm³/mol. The molecule has 0 saturated carbocycles. The summed E-state index contributed by atoms with van der Waals surface area (Å²) in [5.41, 5.74) is 1.73. The van der Waals surface area contributed by atoms with Crippen LogP contribution < -0.4 is 10.1 Å². The fourth-order valence-electron chi connectivity index (χ4n) is 2.48. The maximum Gasteiger partial charge on any atom is 0.181 e. The third-order valence-electron chi connectivity index (χ3n) is 3.84. The van der Waals surface area contributed by atoms with Crippen LogP contribution in [0.2, 0.25) is 15.1 Å². The summed E-state index contributed by atoms with van der Waals surface area (Å²) in [4.78, 5) is 2.95. The zero-order valence-electron chi connectivity index (χ0n) is 14.3. The number of nitrogens with zero attached hydrogens (tertiary/aromatic N) is 1. The molecular formula is C20H13Cl3FN3O. The van der Waals surface area contributed by atoms with Gasteiger partial charge >= 0.3 is 0 Å². The molecule has 0 aliphatic heterocycles. The summed E-state index contributed by atoms with van der Waals surface area (Å²) in [7, 11) is 0. The van der Waals surface area contributed by atoms with Crippen molar-refractivity contribution in [3.8, 4) is 17.6 Å². The first-order valence-corrected chi connectivity index (χ1v) is 9.14. The van der Waals surface area contributed by atoms with Gasteiger partial charge in [0.05, 0.1) is 33.1 Å². The van der Waals surface area contributed by atoms with E-state index in [1.54, 1.807) is 18.3 Å². The Kier molecular flexibility index (Phi) is 6.15. The van der Waals surface area contributed by atoms with Crippen molar-refractivity contribution in [2.45, 2.75) is 6.54 Å². The van der Waals surface area contributed by atoms with E-state index in [-0.39, 0.29) is 28.6 Å². The summed E-state index contributed by atoms with van der Waals surface area (Å²) in [6, 6.07) is 11.1. The first-order valence-electron chi connectivity index (χ1n) is 8.00. The van der Waals surface area contributed by atoms with Crippen LogP contribution in [0.3, 0.4) is 0 Å². The number of nitriles is 1. The Morgan fingerprint density at radius 1 is 1.18 bits per heavy atom. The molecule has 2 aromatic carbocycles. The highest BCUT2D eigenvalue weighted by molar-refractivity contribution is 6.32. The molecule has 8 heteroatoms. The van der Waals surface area contributed by atoms with Gasteiger partial charge in [0.2, 0.25) is 0 Å². The molecule has 1 aromatic heterocycles. The maximum atomic E-state index is 15.0. The molecule has 1 heterocycles. The Bertz CT molecular complexity index is 1090. The standard InChI is InChI=1S/C20H13Cl3FN3O/c1-11(19-16(22)4-5-26-19)27-10-13-2-3-17(23)20(18(13)24)28-15-7-12(9-25)6-14(21)8-15/h2-8,26-27H,1,10H2. The first-order chi connectivity index (χ1) is 13.4. The number of hydrogen-bond acceptors (Lipinski definition) is 3. The van der Waals surface area contributed by atoms with Gasteiger partial charge in [-0.3, -0.25) is 0 Å². The number of ether oxygens (including phenoxy) is 1. The minimum atomic E-state index is -0.635. The number of rotatable bonds is 6. The van der Waals surface area contributed by atoms with Crippen LogP contribution in [0.1, 0.15) is 16.8 Å². The van der Waals surface area contributed by atoms with Crippen LogP contribution in [-0.4, -0.2) is 4.98 Å². The molecule has 0 atom stereocenters. The molecule has 3 aromatic rings. The fraction of sp³-hybridized carbons (Fsp3) is 0.0500. The highest BCUT2D eigenvalue weighted by atomic mass is 35.5. The molecule has 3 rings (SSSR count). The Hall–Kier alpha value is -2.65. The highest BCUT2D eigenvalue weighted by Crippen LogP contribution is 2.35. The van der Waals surface area contributed by atoms with Crippen LogP contribution in [0.25, 0.3) is 5.70 Å². The Morgan fingerprint density at radius 3 is 2.64 bits per heavy atom. The van der Waals surface area contributed by atoms with Gasteiger partial charge in [-0.2, -0.15) is 5.26 Å². The van der Waals surface area contributed by atoms with Crippen molar-refractivity contribution in [3.05, 3.63) is 86.9 Å². The summed E-state index contributed by atoms with van der Waals surface area (Å²) >= 11 is 18.1. The average Bonchev–Trinajstić information content (AvgIpc) is 3.09. The second kappa shape index (κ2) is 8.57. The number of benzene rings is 2. The van der Waals surface area contributed by atoms with Gasteiger partial charge in [-0.1, -0.05) is 47.4 Å². The molecule has 0 radical (unpaired) electrons. The lowest BCUT2D eigenvalue weighted by atomic mass is 10.2. The summed E-state index contributed by atoms with van der Waals surface area (Å²) in [5.74, 6) is -0.586. The highest BCUT2D eigenvalue weighted by Gasteiger charge is 2.16. The molecule has 0 amide bonds. The van der Waals surface area contributed by atoms with Crippen molar-refractivity contribution < 1.29 is 9.13 Å². The minimum absolute atomic E-state index is 0.0889. The summed E-state index contributed by atoms with van der Waals surface area (Å²) in [5, 5.41) is 12.9. The lowest BCUT2D eigenvalue weighted by molar-refractivity contribution is 0.438. The van der Waals surface area contributed by atoms with Crippen molar-refractivity contribution in [1.29, 1.82) is 5.26 Å². The van der Waals surface area contributed by atoms with Gasteiger partial charge in [0.25, 0.3) is 0 Å². The number of aromatic nitrogens is 1. The van der Waals surface area contributed by atoms with Gasteiger partial charge in [-0.25, -0.2) is 4.39 Å². The third-order valence-corrected chi connectivity index (χ3v) is 4.67. The number of nitrogens with one attached hydrogen (secondary N) is 2. The number of halogens is 4. The number of aromatic amines is 1. The quantitative estimate of drug-likeness (QED) is 0.461. The zero-order chi connectivity index (χ0) is 20.3. The van der Waals surface area contributed by atoms with Gasteiger partial charge in [-0.05, 0) is 30.3 Å². The third kappa shape index (κ3) is 4.42. The van der Waals surface area contributed by atoms with E-state index in [4.69, 9.17) is 44.8 Å². The van der Waals surface area contributed by atoms with Crippen LogP contribution in [0, 0.1) is 17.1 Å². The largest absolute Gasteiger partial charge is 0.453 e. The van der Waals surface area contributed by atoms with Crippen molar-refractivity contribution >= 4 is 40.5 Å². The molecule has 0 bridgehead atoms. The van der Waals surface area contributed by atoms with E-state index < -0.39 is 5.82 Å². The second-order valence-corrected chi connectivity index (χ2v) is 7.02. The van der Waals surface area contributed by atoms with E-state index in [0.29, 0.717) is 27.0 Å². The van der Waals surface area contributed by atoms with Crippen molar-refractivity contribution in [2.24, 2.45) is 0 Å². The van der Waals surface area contributed by atoms with Gasteiger partial charge in [0.1, 0.15) is 5.75 Å². The summed E-state index contributed by atoms with van der Waals surface area (Å²) in [6.45, 7) is 4.02. The van der Waals surface area contributed by atoms with Gasteiger partial charge in [0, 0.05) is 23.3 Å². The Balaban J connectivity index is 1.82.